The number of fused-ring (bicyclic) bond motifs is 1. The number of amides is 1. The largest absolute Gasteiger partial charge is 0.485 e. The molecule has 5 heteroatoms. The molecule has 5 nitrogen and oxygen atoms in total. The number of rotatable bonds is 5. The Morgan fingerprint density at radius 3 is 2.41 bits per heavy atom. The van der Waals surface area contributed by atoms with Crippen LogP contribution < -0.4 is 20.5 Å². The van der Waals surface area contributed by atoms with E-state index in [-0.39, 0.29) is 17.9 Å². The van der Waals surface area contributed by atoms with Crippen LogP contribution in [0.5, 0.6) is 11.5 Å². The molecule has 0 bridgehead atoms. The van der Waals surface area contributed by atoms with E-state index < -0.39 is 0 Å². The zero-order valence-electron chi connectivity index (χ0n) is 15.4. The van der Waals surface area contributed by atoms with Crippen molar-refractivity contribution in [3.63, 3.8) is 0 Å². The first-order chi connectivity index (χ1) is 13.2. The number of nitrogens with one attached hydrogen (secondary N) is 1. The first-order valence-corrected chi connectivity index (χ1v) is 9.69. The summed E-state index contributed by atoms with van der Waals surface area (Å²) >= 11 is 0. The van der Waals surface area contributed by atoms with Crippen molar-refractivity contribution >= 4 is 5.91 Å². The number of ether oxygens (including phenoxy) is 2. The third-order valence-corrected chi connectivity index (χ3v) is 5.58. The summed E-state index contributed by atoms with van der Waals surface area (Å²) in [5, 5.41) is 3.60. The molecule has 0 unspecified atom stereocenters. The number of primary amides is 1. The maximum absolute atomic E-state index is 11.3. The molecule has 27 heavy (non-hydrogen) atoms. The van der Waals surface area contributed by atoms with E-state index in [1.807, 2.05) is 24.3 Å². The Bertz CT molecular complexity index is 782. The fraction of sp³-hybridized carbons (Fsp3) is 0.409. The summed E-state index contributed by atoms with van der Waals surface area (Å²) in [6.45, 7) is 1.36. The van der Waals surface area contributed by atoms with E-state index in [2.05, 4.69) is 29.6 Å². The van der Waals surface area contributed by atoms with Gasteiger partial charge in [-0.1, -0.05) is 36.4 Å². The third-order valence-electron chi connectivity index (χ3n) is 5.58. The molecule has 142 valence electrons. The topological polar surface area (TPSA) is 73.6 Å². The maximum Gasteiger partial charge on any atom is 0.220 e. The van der Waals surface area contributed by atoms with Crippen LogP contribution in [0, 0.1) is 5.92 Å². The summed E-state index contributed by atoms with van der Waals surface area (Å²) in [4.78, 5) is 11.3. The molecule has 1 saturated carbocycles. The van der Waals surface area contributed by atoms with E-state index >= 15 is 0 Å². The van der Waals surface area contributed by atoms with Gasteiger partial charge in [-0.2, -0.15) is 0 Å². The highest BCUT2D eigenvalue weighted by molar-refractivity contribution is 5.76. The van der Waals surface area contributed by atoms with Gasteiger partial charge in [-0.25, -0.2) is 0 Å². The molecule has 1 aliphatic heterocycles. The van der Waals surface area contributed by atoms with Gasteiger partial charge >= 0.3 is 0 Å². The predicted molar refractivity (Wildman–Crippen MR) is 104 cm³/mol. The summed E-state index contributed by atoms with van der Waals surface area (Å²) < 4.78 is 11.9. The minimum atomic E-state index is -0.152. The predicted octanol–water partition coefficient (Wildman–Crippen LogP) is 3.33. The van der Waals surface area contributed by atoms with Crippen molar-refractivity contribution in [3.8, 4) is 11.5 Å². The minimum absolute atomic E-state index is 0.0603. The molecule has 4 rings (SSSR count). The lowest BCUT2D eigenvalue weighted by Crippen LogP contribution is -2.36. The van der Waals surface area contributed by atoms with E-state index in [1.165, 1.54) is 5.56 Å². The van der Waals surface area contributed by atoms with Gasteiger partial charge < -0.3 is 20.5 Å². The van der Waals surface area contributed by atoms with Gasteiger partial charge in [0.25, 0.3) is 0 Å². The van der Waals surface area contributed by atoms with Crippen LogP contribution in [0.1, 0.15) is 42.9 Å². The molecule has 1 amide bonds. The third kappa shape index (κ3) is 4.25. The number of benzene rings is 2. The van der Waals surface area contributed by atoms with Crippen LogP contribution in [0.15, 0.2) is 48.5 Å². The highest BCUT2D eigenvalue weighted by atomic mass is 16.6. The Kier molecular flexibility index (Phi) is 5.30. The van der Waals surface area contributed by atoms with E-state index in [0.717, 1.165) is 49.3 Å². The quantitative estimate of drug-likeness (QED) is 0.851. The molecule has 0 radical (unpaired) electrons. The van der Waals surface area contributed by atoms with E-state index in [1.54, 1.807) is 0 Å². The zero-order chi connectivity index (χ0) is 18.6. The van der Waals surface area contributed by atoms with Crippen molar-refractivity contribution in [2.45, 2.75) is 44.4 Å². The molecule has 2 aliphatic rings. The number of nitrogens with two attached hydrogens (primary N) is 1. The summed E-state index contributed by atoms with van der Waals surface area (Å²) in [6.07, 6.45) is 3.74. The van der Waals surface area contributed by atoms with Crippen molar-refractivity contribution < 1.29 is 14.3 Å². The van der Waals surface area contributed by atoms with E-state index in [0.29, 0.717) is 12.6 Å². The fourth-order valence-corrected chi connectivity index (χ4v) is 3.88. The van der Waals surface area contributed by atoms with Crippen LogP contribution in [0.25, 0.3) is 0 Å². The van der Waals surface area contributed by atoms with Crippen LogP contribution in [0.3, 0.4) is 0 Å². The number of para-hydroxylation sites is 2. The second kappa shape index (κ2) is 8.01. The lowest BCUT2D eigenvalue weighted by molar-refractivity contribution is -0.122. The van der Waals surface area contributed by atoms with Crippen molar-refractivity contribution in [2.24, 2.45) is 11.7 Å². The van der Waals surface area contributed by atoms with E-state index in [9.17, 15) is 4.79 Å². The average molecular weight is 366 g/mol. The van der Waals surface area contributed by atoms with Crippen molar-refractivity contribution in [1.82, 2.24) is 5.32 Å². The standard InChI is InChI=1S/C22H26N2O3/c23-22(25)17-9-11-18(12-10-17)24-13-15-5-7-16(8-6-15)21-14-26-19-3-1-2-4-20(19)27-21/h1-8,17-18,21,24H,9-14H2,(H2,23,25)/t17?,18?,21-/m1/s1. The Hall–Kier alpha value is -2.53. The molecule has 0 spiro atoms. The summed E-state index contributed by atoms with van der Waals surface area (Å²) in [6, 6.07) is 16.7. The van der Waals surface area contributed by atoms with Gasteiger partial charge in [-0.05, 0) is 48.9 Å². The Morgan fingerprint density at radius 2 is 1.70 bits per heavy atom. The van der Waals surface area contributed by atoms with Crippen LogP contribution in [-0.4, -0.2) is 18.6 Å². The first kappa shape index (κ1) is 17.9. The van der Waals surface area contributed by atoms with Crippen LogP contribution in [0.2, 0.25) is 0 Å². The van der Waals surface area contributed by atoms with Gasteiger partial charge in [-0.3, -0.25) is 4.79 Å². The number of hydrogen-bond donors (Lipinski definition) is 2. The SMILES string of the molecule is NC(=O)C1CCC(NCc2ccc([C@H]3COc4ccccc4O3)cc2)CC1. The van der Waals surface area contributed by atoms with Gasteiger partial charge in [0, 0.05) is 18.5 Å². The maximum atomic E-state index is 11.3. The van der Waals surface area contributed by atoms with Gasteiger partial charge in [0.05, 0.1) is 0 Å². The van der Waals surface area contributed by atoms with Gasteiger partial charge in [0.15, 0.2) is 17.6 Å². The summed E-state index contributed by atoms with van der Waals surface area (Å²) in [5.41, 5.74) is 7.77. The molecular formula is C22H26N2O3. The second-order valence-electron chi connectivity index (χ2n) is 7.44. The highest BCUT2D eigenvalue weighted by Gasteiger charge is 2.24. The molecule has 1 atom stereocenters. The molecule has 2 aromatic carbocycles. The molecule has 1 aliphatic carbocycles. The van der Waals surface area contributed by atoms with Gasteiger partial charge in [-0.15, -0.1) is 0 Å². The molecule has 0 aromatic heterocycles. The Morgan fingerprint density at radius 1 is 1.00 bits per heavy atom. The smallest absolute Gasteiger partial charge is 0.220 e. The van der Waals surface area contributed by atoms with Crippen molar-refractivity contribution in [1.29, 1.82) is 0 Å². The van der Waals surface area contributed by atoms with E-state index in [4.69, 9.17) is 15.2 Å². The molecule has 1 fully saturated rings. The number of hydrogen-bond acceptors (Lipinski definition) is 4. The van der Waals surface area contributed by atoms with Crippen molar-refractivity contribution in [3.05, 3.63) is 59.7 Å². The summed E-state index contributed by atoms with van der Waals surface area (Å²) in [5.74, 6) is 1.51. The second-order valence-corrected chi connectivity index (χ2v) is 7.44. The summed E-state index contributed by atoms with van der Waals surface area (Å²) in [7, 11) is 0. The zero-order valence-corrected chi connectivity index (χ0v) is 15.4. The van der Waals surface area contributed by atoms with Crippen molar-refractivity contribution in [2.75, 3.05) is 6.61 Å². The lowest BCUT2D eigenvalue weighted by atomic mass is 9.85. The molecule has 3 N–H and O–H groups in total. The molecule has 1 heterocycles. The van der Waals surface area contributed by atoms with Crippen LogP contribution in [-0.2, 0) is 11.3 Å². The highest BCUT2D eigenvalue weighted by Crippen LogP contribution is 2.35. The first-order valence-electron chi connectivity index (χ1n) is 9.69. The Labute approximate surface area is 159 Å². The molecular weight excluding hydrogens is 340 g/mol. The normalized spacial score (nSPS) is 24.4. The van der Waals surface area contributed by atoms with Gasteiger partial charge in [0.2, 0.25) is 5.91 Å². The van der Waals surface area contributed by atoms with Crippen LogP contribution >= 0.6 is 0 Å². The monoisotopic (exact) mass is 366 g/mol. The molecule has 0 saturated heterocycles. The fourth-order valence-electron chi connectivity index (χ4n) is 3.88. The van der Waals surface area contributed by atoms with Crippen LogP contribution in [0.4, 0.5) is 0 Å². The number of carbonyl (C=O) groups excluding carboxylic acids is 1. The van der Waals surface area contributed by atoms with Gasteiger partial charge in [0.1, 0.15) is 6.61 Å². The Balaban J connectivity index is 1.29. The molecule has 2 aromatic rings. The number of carbonyl (C=O) groups is 1. The lowest BCUT2D eigenvalue weighted by Gasteiger charge is -2.28. The average Bonchev–Trinajstić information content (AvgIpc) is 2.72. The minimum Gasteiger partial charge on any atom is -0.485 e.